The molecule has 0 atom stereocenters. The van der Waals surface area contributed by atoms with Crippen LogP contribution in [0.1, 0.15) is 11.1 Å². The summed E-state index contributed by atoms with van der Waals surface area (Å²) in [5.41, 5.74) is 4.77. The molecule has 0 amide bonds. The number of aryl methyl sites for hydroxylation is 2. The lowest BCUT2D eigenvalue weighted by molar-refractivity contribution is 0.601. The van der Waals surface area contributed by atoms with Gasteiger partial charge in [-0.1, -0.05) is 60.2 Å². The highest BCUT2D eigenvalue weighted by atomic mass is 32.2. The maximum absolute atomic E-state index is 12.8. The van der Waals surface area contributed by atoms with Gasteiger partial charge < -0.3 is 0 Å². The van der Waals surface area contributed by atoms with Gasteiger partial charge in [0.2, 0.25) is 0 Å². The van der Waals surface area contributed by atoms with E-state index in [1.807, 2.05) is 62.4 Å². The van der Waals surface area contributed by atoms with Crippen molar-refractivity contribution in [1.82, 2.24) is 4.98 Å². The number of nitrogens with zero attached hydrogens (tertiary/aromatic N) is 1. The normalized spacial score (nSPS) is 11.5. The Labute approximate surface area is 164 Å². The van der Waals surface area contributed by atoms with E-state index in [9.17, 15) is 8.42 Å². The van der Waals surface area contributed by atoms with Crippen LogP contribution in [0.4, 0.5) is 5.82 Å². The third-order valence-electron chi connectivity index (χ3n) is 4.62. The lowest BCUT2D eigenvalue weighted by Gasteiger charge is -2.13. The van der Waals surface area contributed by atoms with Gasteiger partial charge in [-0.25, -0.2) is 13.4 Å². The molecule has 5 heteroatoms. The zero-order chi connectivity index (χ0) is 19.7. The highest BCUT2D eigenvalue weighted by Gasteiger charge is 2.16. The topological polar surface area (TPSA) is 59.1 Å². The number of benzene rings is 3. The minimum absolute atomic E-state index is 0.213. The summed E-state index contributed by atoms with van der Waals surface area (Å²) in [6.45, 7) is 3.91. The van der Waals surface area contributed by atoms with Crippen molar-refractivity contribution in [2.45, 2.75) is 18.7 Å². The van der Waals surface area contributed by atoms with Crippen LogP contribution >= 0.6 is 0 Å². The van der Waals surface area contributed by atoms with Gasteiger partial charge in [0.15, 0.2) is 0 Å². The molecule has 0 spiro atoms. The number of hydrogen-bond acceptors (Lipinski definition) is 3. The lowest BCUT2D eigenvalue weighted by atomic mass is 10.0. The van der Waals surface area contributed by atoms with Crippen molar-refractivity contribution in [2.24, 2.45) is 0 Å². The molecule has 28 heavy (non-hydrogen) atoms. The second-order valence-corrected chi connectivity index (χ2v) is 8.54. The summed E-state index contributed by atoms with van der Waals surface area (Å²) in [7, 11) is -3.72. The van der Waals surface area contributed by atoms with Crippen LogP contribution in [-0.4, -0.2) is 13.4 Å². The van der Waals surface area contributed by atoms with Crippen molar-refractivity contribution >= 4 is 26.7 Å². The molecule has 0 radical (unpaired) electrons. The molecule has 140 valence electrons. The van der Waals surface area contributed by atoms with E-state index >= 15 is 0 Å². The summed E-state index contributed by atoms with van der Waals surface area (Å²) in [5.74, 6) is 0.303. The number of pyridine rings is 1. The van der Waals surface area contributed by atoms with Crippen molar-refractivity contribution in [2.75, 3.05) is 4.72 Å². The van der Waals surface area contributed by atoms with E-state index in [2.05, 4.69) is 9.71 Å². The Balaban J connectivity index is 1.84. The van der Waals surface area contributed by atoms with Gasteiger partial charge in [-0.3, -0.25) is 4.72 Å². The Hall–Kier alpha value is -3.18. The van der Waals surface area contributed by atoms with Gasteiger partial charge in [0, 0.05) is 5.39 Å². The molecule has 1 aromatic heterocycles. The van der Waals surface area contributed by atoms with E-state index in [0.717, 1.165) is 33.2 Å². The van der Waals surface area contributed by atoms with Crippen molar-refractivity contribution in [3.8, 4) is 11.1 Å². The Bertz CT molecular complexity index is 1250. The number of nitrogens with one attached hydrogen (secondary N) is 1. The number of anilines is 1. The minimum Gasteiger partial charge on any atom is -0.263 e. The Morgan fingerprint density at radius 2 is 1.46 bits per heavy atom. The van der Waals surface area contributed by atoms with Crippen molar-refractivity contribution in [1.29, 1.82) is 0 Å². The second kappa shape index (κ2) is 7.09. The van der Waals surface area contributed by atoms with Gasteiger partial charge in [0.1, 0.15) is 5.82 Å². The maximum atomic E-state index is 12.8. The van der Waals surface area contributed by atoms with Gasteiger partial charge in [-0.2, -0.15) is 0 Å². The lowest BCUT2D eigenvalue weighted by Crippen LogP contribution is -2.14. The zero-order valence-corrected chi connectivity index (χ0v) is 16.5. The molecule has 0 aliphatic rings. The average molecular weight is 388 g/mol. The Kier molecular flexibility index (Phi) is 4.61. The Morgan fingerprint density at radius 3 is 2.18 bits per heavy atom. The predicted molar refractivity (Wildman–Crippen MR) is 114 cm³/mol. The smallest absolute Gasteiger partial charge is 0.263 e. The molecule has 4 rings (SSSR count). The van der Waals surface area contributed by atoms with Crippen LogP contribution in [0.2, 0.25) is 0 Å². The van der Waals surface area contributed by atoms with Crippen LogP contribution in [0.15, 0.2) is 83.8 Å². The number of rotatable bonds is 4. The fraction of sp³-hybridized carbons (Fsp3) is 0.0870. The van der Waals surface area contributed by atoms with E-state index in [1.165, 1.54) is 0 Å². The first kappa shape index (κ1) is 18.2. The third-order valence-corrected chi connectivity index (χ3v) is 5.99. The van der Waals surface area contributed by atoms with E-state index in [1.54, 1.807) is 30.3 Å². The van der Waals surface area contributed by atoms with Crippen LogP contribution in [0.3, 0.4) is 0 Å². The number of sulfonamides is 1. The average Bonchev–Trinajstić information content (AvgIpc) is 2.68. The molecule has 0 bridgehead atoms. The highest BCUT2D eigenvalue weighted by Crippen LogP contribution is 2.31. The highest BCUT2D eigenvalue weighted by molar-refractivity contribution is 7.92. The predicted octanol–water partition coefficient (Wildman–Crippen LogP) is 5.32. The summed E-state index contributed by atoms with van der Waals surface area (Å²) in [6, 6.07) is 24.5. The first-order valence-corrected chi connectivity index (χ1v) is 10.5. The maximum Gasteiger partial charge on any atom is 0.263 e. The summed E-state index contributed by atoms with van der Waals surface area (Å²) >= 11 is 0. The van der Waals surface area contributed by atoms with Crippen molar-refractivity contribution < 1.29 is 8.42 Å². The number of hydrogen-bond donors (Lipinski definition) is 1. The molecule has 0 saturated heterocycles. The summed E-state index contributed by atoms with van der Waals surface area (Å²) in [5, 5.41) is 0.982. The first-order chi connectivity index (χ1) is 13.4. The standard InChI is InChI=1S/C23H20N2O2S/c1-16-8-11-19(12-9-16)28(26,27)25-23-15-21(18-6-4-3-5-7-18)20-13-10-17(2)14-22(20)24-23/h3-15H,1-2H3,(H,24,25). The van der Waals surface area contributed by atoms with Gasteiger partial charge in [0.25, 0.3) is 10.0 Å². The largest absolute Gasteiger partial charge is 0.263 e. The molecule has 0 aliphatic heterocycles. The van der Waals surface area contributed by atoms with Crippen LogP contribution < -0.4 is 4.72 Å². The summed E-state index contributed by atoms with van der Waals surface area (Å²) in [6.07, 6.45) is 0. The van der Waals surface area contributed by atoms with E-state index in [0.29, 0.717) is 5.82 Å². The van der Waals surface area contributed by atoms with Crippen LogP contribution in [0.25, 0.3) is 22.0 Å². The van der Waals surface area contributed by atoms with E-state index in [-0.39, 0.29) is 4.90 Å². The second-order valence-electron chi connectivity index (χ2n) is 6.86. The Morgan fingerprint density at radius 1 is 0.786 bits per heavy atom. The van der Waals surface area contributed by atoms with Crippen molar-refractivity contribution in [3.05, 3.63) is 90.0 Å². The molecule has 0 aliphatic carbocycles. The molecule has 1 heterocycles. The SMILES string of the molecule is Cc1ccc(S(=O)(=O)Nc2cc(-c3ccccc3)c3ccc(C)cc3n2)cc1. The molecule has 3 aromatic carbocycles. The third kappa shape index (κ3) is 3.62. The summed E-state index contributed by atoms with van der Waals surface area (Å²) < 4.78 is 28.3. The van der Waals surface area contributed by atoms with Gasteiger partial charge >= 0.3 is 0 Å². The molecule has 1 N–H and O–H groups in total. The molecule has 0 unspecified atom stereocenters. The molecule has 0 fully saturated rings. The van der Waals surface area contributed by atoms with Crippen molar-refractivity contribution in [3.63, 3.8) is 0 Å². The summed E-state index contributed by atoms with van der Waals surface area (Å²) in [4.78, 5) is 4.77. The zero-order valence-electron chi connectivity index (χ0n) is 15.7. The molecular formula is C23H20N2O2S. The van der Waals surface area contributed by atoms with E-state index < -0.39 is 10.0 Å². The van der Waals surface area contributed by atoms with Crippen LogP contribution in [0, 0.1) is 13.8 Å². The van der Waals surface area contributed by atoms with Gasteiger partial charge in [-0.15, -0.1) is 0 Å². The monoisotopic (exact) mass is 388 g/mol. The molecule has 4 nitrogen and oxygen atoms in total. The van der Waals surface area contributed by atoms with Crippen LogP contribution in [-0.2, 0) is 10.0 Å². The minimum atomic E-state index is -3.72. The number of fused-ring (bicyclic) bond motifs is 1. The fourth-order valence-electron chi connectivity index (χ4n) is 3.16. The molecular weight excluding hydrogens is 368 g/mol. The van der Waals surface area contributed by atoms with Crippen LogP contribution in [0.5, 0.6) is 0 Å². The van der Waals surface area contributed by atoms with Gasteiger partial charge in [0.05, 0.1) is 10.4 Å². The molecule has 4 aromatic rings. The fourth-order valence-corrected chi connectivity index (χ4v) is 4.15. The van der Waals surface area contributed by atoms with Gasteiger partial charge in [-0.05, 0) is 54.8 Å². The quantitative estimate of drug-likeness (QED) is 0.515. The molecule has 0 saturated carbocycles. The van der Waals surface area contributed by atoms with E-state index in [4.69, 9.17) is 0 Å². The first-order valence-electron chi connectivity index (χ1n) is 8.99. The number of aromatic nitrogens is 1.